The maximum atomic E-state index is 5.03. The molecule has 0 spiro atoms. The van der Waals surface area contributed by atoms with Gasteiger partial charge in [0.25, 0.3) is 0 Å². The zero-order valence-corrected chi connectivity index (χ0v) is 35.6. The predicted octanol–water partition coefficient (Wildman–Crippen LogP) is 15.5. The lowest BCUT2D eigenvalue weighted by atomic mass is 10.00. The molecule has 3 aromatic heterocycles. The first kappa shape index (κ1) is 40.1. The summed E-state index contributed by atoms with van der Waals surface area (Å²) >= 11 is 1.85. The van der Waals surface area contributed by atoms with Crippen molar-refractivity contribution in [2.24, 2.45) is 0 Å². The molecule has 3 heterocycles. The maximum absolute atomic E-state index is 5.03. The van der Waals surface area contributed by atoms with Gasteiger partial charge in [0.1, 0.15) is 0 Å². The minimum Gasteiger partial charge on any atom is -0.309 e. The van der Waals surface area contributed by atoms with Crippen LogP contribution >= 0.6 is 11.3 Å². The van der Waals surface area contributed by atoms with E-state index in [4.69, 9.17) is 15.0 Å². The Bertz CT molecular complexity index is 2950. The largest absolute Gasteiger partial charge is 0.309 e. The molecule has 0 aliphatic carbocycles. The summed E-state index contributed by atoms with van der Waals surface area (Å²) < 4.78 is 4.91. The number of aromatic nitrogens is 4. The van der Waals surface area contributed by atoms with Crippen LogP contribution in [-0.4, -0.2) is 19.5 Å². The fourth-order valence-electron chi connectivity index (χ4n) is 7.92. The van der Waals surface area contributed by atoms with Crippen LogP contribution in [0.3, 0.4) is 0 Å². The van der Waals surface area contributed by atoms with Crippen molar-refractivity contribution in [1.82, 2.24) is 19.5 Å². The van der Waals surface area contributed by atoms with E-state index in [0.717, 1.165) is 71.3 Å². The van der Waals surface area contributed by atoms with Gasteiger partial charge in [-0.05, 0) is 80.2 Å². The normalized spacial score (nSPS) is 12.4. The highest BCUT2D eigenvalue weighted by Gasteiger charge is 2.19. The molecule has 0 unspecified atom stereocenters. The lowest BCUT2D eigenvalue weighted by Gasteiger charge is -2.14. The van der Waals surface area contributed by atoms with Crippen LogP contribution in [0.2, 0.25) is 0 Å². The van der Waals surface area contributed by atoms with Gasteiger partial charge in [-0.25, -0.2) is 15.0 Å². The summed E-state index contributed by atoms with van der Waals surface area (Å²) in [5.74, 6) is 1.96. The van der Waals surface area contributed by atoms with Gasteiger partial charge in [-0.15, -0.1) is 11.3 Å². The Morgan fingerprint density at radius 3 is 2.27 bits per heavy atom. The Labute approximate surface area is 358 Å². The minimum absolute atomic E-state index is 0.627. The second-order valence-corrected chi connectivity index (χ2v) is 16.1. The number of fused-ring (bicyclic) bond motifs is 4. The molecule has 4 nitrogen and oxygen atoms in total. The van der Waals surface area contributed by atoms with Crippen molar-refractivity contribution in [2.75, 3.05) is 0 Å². The van der Waals surface area contributed by atoms with Gasteiger partial charge in [0.2, 0.25) is 0 Å². The molecule has 0 amide bonds. The third kappa shape index (κ3) is 8.27. The van der Waals surface area contributed by atoms with Crippen molar-refractivity contribution in [2.45, 2.75) is 52.9 Å². The predicted molar refractivity (Wildman–Crippen MR) is 260 cm³/mol. The summed E-state index contributed by atoms with van der Waals surface area (Å²) in [6.07, 6.45) is 21.8. The molecular formula is C55H50N4S. The minimum atomic E-state index is 0.627. The van der Waals surface area contributed by atoms with Crippen molar-refractivity contribution < 1.29 is 0 Å². The first-order chi connectivity index (χ1) is 29.5. The van der Waals surface area contributed by atoms with Crippen LogP contribution in [0, 0.1) is 0 Å². The molecule has 296 valence electrons. The number of hydrogen-bond donors (Lipinski definition) is 0. The molecule has 5 heteroatoms. The van der Waals surface area contributed by atoms with E-state index in [1.165, 1.54) is 42.2 Å². The number of unbranched alkanes of at least 4 members (excludes halogenated alkanes) is 2. The first-order valence-corrected chi connectivity index (χ1v) is 21.7. The van der Waals surface area contributed by atoms with E-state index in [0.29, 0.717) is 17.5 Å². The molecule has 8 aromatic rings. The Kier molecular flexibility index (Phi) is 12.4. The molecule has 0 N–H and O–H groups in total. The number of benzene rings is 5. The second kappa shape index (κ2) is 18.5. The van der Waals surface area contributed by atoms with Crippen molar-refractivity contribution in [3.63, 3.8) is 0 Å². The van der Waals surface area contributed by atoms with Gasteiger partial charge in [0.05, 0.1) is 11.2 Å². The van der Waals surface area contributed by atoms with Crippen molar-refractivity contribution in [3.05, 3.63) is 193 Å². The SMILES string of the molecule is C=C/C=C(\C=C/C)c1nc(/C(C)=C/CCCC)nc(-c2ccc(-c3cc(-n4c(C=C)c(/C=C\CCc5ccccc5)c5ccccc54)cc4c3sc3ccccc34)cc2)n1. The molecule has 0 saturated heterocycles. The number of allylic oxidation sites excluding steroid dienone is 8. The fraction of sp³-hybridized carbons (Fsp3) is 0.145. The fourth-order valence-corrected chi connectivity index (χ4v) is 9.14. The third-order valence-electron chi connectivity index (χ3n) is 10.9. The second-order valence-electron chi connectivity index (χ2n) is 15.0. The van der Waals surface area contributed by atoms with E-state index in [-0.39, 0.29) is 0 Å². The lowest BCUT2D eigenvalue weighted by Crippen LogP contribution is -2.04. The molecular weight excluding hydrogens is 749 g/mol. The number of rotatable bonds is 15. The number of thiophene rings is 1. The van der Waals surface area contributed by atoms with Crippen molar-refractivity contribution in [1.29, 1.82) is 0 Å². The van der Waals surface area contributed by atoms with Gasteiger partial charge in [0, 0.05) is 53.5 Å². The van der Waals surface area contributed by atoms with Crippen LogP contribution in [0.25, 0.3) is 82.6 Å². The molecule has 0 radical (unpaired) electrons. The summed E-state index contributed by atoms with van der Waals surface area (Å²) in [7, 11) is 0. The zero-order chi connectivity index (χ0) is 41.4. The molecule has 0 saturated carbocycles. The summed E-state index contributed by atoms with van der Waals surface area (Å²) in [5.41, 5.74) is 11.0. The van der Waals surface area contributed by atoms with Gasteiger partial charge >= 0.3 is 0 Å². The quantitative estimate of drug-likeness (QED) is 0.0766. The van der Waals surface area contributed by atoms with Crippen molar-refractivity contribution in [3.8, 4) is 28.2 Å². The van der Waals surface area contributed by atoms with E-state index in [1.54, 1.807) is 6.08 Å². The Morgan fingerprint density at radius 2 is 1.50 bits per heavy atom. The maximum Gasteiger partial charge on any atom is 0.164 e. The Balaban J connectivity index is 1.25. The highest BCUT2D eigenvalue weighted by Crippen LogP contribution is 2.43. The van der Waals surface area contributed by atoms with E-state index >= 15 is 0 Å². The molecule has 5 aromatic carbocycles. The first-order valence-electron chi connectivity index (χ1n) is 20.9. The lowest BCUT2D eigenvalue weighted by molar-refractivity contribution is 0.814. The van der Waals surface area contributed by atoms with Gasteiger partial charge in [-0.3, -0.25) is 0 Å². The van der Waals surface area contributed by atoms with E-state index in [2.05, 4.69) is 165 Å². The smallest absolute Gasteiger partial charge is 0.164 e. The average Bonchev–Trinajstić information content (AvgIpc) is 3.83. The van der Waals surface area contributed by atoms with Crippen LogP contribution in [0.5, 0.6) is 0 Å². The number of nitrogens with zero attached hydrogens (tertiary/aromatic N) is 4. The van der Waals surface area contributed by atoms with E-state index < -0.39 is 0 Å². The average molecular weight is 799 g/mol. The van der Waals surface area contributed by atoms with Crippen LogP contribution in [0.1, 0.15) is 74.9 Å². The summed E-state index contributed by atoms with van der Waals surface area (Å²) in [6.45, 7) is 14.6. The van der Waals surface area contributed by atoms with Crippen LogP contribution in [-0.2, 0) is 6.42 Å². The topological polar surface area (TPSA) is 43.6 Å². The van der Waals surface area contributed by atoms with Crippen molar-refractivity contribution >= 4 is 65.7 Å². The molecule has 0 bridgehead atoms. The van der Waals surface area contributed by atoms with Gasteiger partial charge in [-0.1, -0.05) is 166 Å². The Morgan fingerprint density at radius 1 is 0.767 bits per heavy atom. The zero-order valence-electron chi connectivity index (χ0n) is 34.7. The van der Waals surface area contributed by atoms with E-state index in [9.17, 15) is 0 Å². The van der Waals surface area contributed by atoms with Crippen LogP contribution < -0.4 is 0 Å². The van der Waals surface area contributed by atoms with Gasteiger partial charge < -0.3 is 4.57 Å². The molecule has 0 aliphatic rings. The van der Waals surface area contributed by atoms with E-state index in [1.807, 2.05) is 42.6 Å². The Hall–Kier alpha value is -6.69. The summed E-state index contributed by atoms with van der Waals surface area (Å²) in [4.78, 5) is 15.0. The van der Waals surface area contributed by atoms with Gasteiger partial charge in [-0.2, -0.15) is 0 Å². The molecule has 0 atom stereocenters. The number of hydrogen-bond acceptors (Lipinski definition) is 4. The summed E-state index contributed by atoms with van der Waals surface area (Å²) in [5, 5.41) is 3.70. The third-order valence-corrected chi connectivity index (χ3v) is 12.2. The molecule has 0 aliphatic heterocycles. The monoisotopic (exact) mass is 798 g/mol. The standard InChI is InChI=1S/C55H50N4S/c1-6-10-12-23-38(5)53-56-54(41(21-7-2)22-8-3)58-55(57-53)42-34-32-40(33-35-42)47-36-43(37-48-46-29-18-20-31-51(46)60-52(47)48)59-49(9-4)44(45-28-17-19-30-50(45)59)27-16-15-26-39-24-13-11-14-25-39/h7-9,11,13-14,16-25,27-37H,2,4,6,10,12,15,26H2,1,3,5H3/b22-8-,27-16-,38-23+,41-21+. The number of aryl methyl sites for hydroxylation is 1. The summed E-state index contributed by atoms with van der Waals surface area (Å²) in [6, 6.07) is 41.5. The molecule has 8 rings (SSSR count). The van der Waals surface area contributed by atoms with Crippen LogP contribution in [0.15, 0.2) is 165 Å². The highest BCUT2D eigenvalue weighted by atomic mass is 32.1. The number of para-hydroxylation sites is 1. The van der Waals surface area contributed by atoms with Crippen LogP contribution in [0.4, 0.5) is 0 Å². The molecule has 60 heavy (non-hydrogen) atoms. The van der Waals surface area contributed by atoms with Gasteiger partial charge in [0.15, 0.2) is 17.5 Å². The molecule has 0 fully saturated rings. The highest BCUT2D eigenvalue weighted by molar-refractivity contribution is 7.26.